The van der Waals surface area contributed by atoms with E-state index in [-0.39, 0.29) is 42.0 Å². The second kappa shape index (κ2) is 15.8. The van der Waals surface area contributed by atoms with Crippen LogP contribution in [0.15, 0.2) is 12.2 Å². The first kappa shape index (κ1) is 28.1. The molecule has 1 aliphatic carbocycles. The van der Waals surface area contributed by atoms with E-state index in [1.54, 1.807) is 0 Å². The van der Waals surface area contributed by atoms with Gasteiger partial charge >= 0.3 is 17.9 Å². The van der Waals surface area contributed by atoms with Crippen LogP contribution in [0.1, 0.15) is 91.4 Å². The molecule has 5 unspecified atom stereocenters. The van der Waals surface area contributed by atoms with Crippen LogP contribution in [0.2, 0.25) is 0 Å². The number of aliphatic hydroxyl groups is 1. The van der Waals surface area contributed by atoms with E-state index >= 15 is 0 Å². The van der Waals surface area contributed by atoms with Gasteiger partial charge in [0.1, 0.15) is 12.2 Å². The van der Waals surface area contributed by atoms with Crippen LogP contribution in [0, 0.1) is 11.8 Å². The summed E-state index contributed by atoms with van der Waals surface area (Å²) in [5, 5.41) is 10.7. The normalized spacial score (nSPS) is 23.8. The smallest absolute Gasteiger partial charge is 0.305 e. The van der Waals surface area contributed by atoms with Crippen LogP contribution >= 0.6 is 0 Å². The number of rotatable bonds is 15. The summed E-state index contributed by atoms with van der Waals surface area (Å²) >= 11 is 0. The Morgan fingerprint density at radius 3 is 2.38 bits per heavy atom. The van der Waals surface area contributed by atoms with Gasteiger partial charge in [0, 0.05) is 32.6 Å². The third-order valence-corrected chi connectivity index (χ3v) is 6.06. The van der Waals surface area contributed by atoms with Crippen molar-refractivity contribution in [1.82, 2.24) is 0 Å². The van der Waals surface area contributed by atoms with Gasteiger partial charge in [0.05, 0.1) is 13.2 Å². The maximum absolute atomic E-state index is 11.6. The van der Waals surface area contributed by atoms with Crippen molar-refractivity contribution in [1.29, 1.82) is 0 Å². The summed E-state index contributed by atoms with van der Waals surface area (Å²) in [4.78, 5) is 34.3. The number of esters is 3. The van der Waals surface area contributed by atoms with Crippen molar-refractivity contribution in [2.75, 3.05) is 7.11 Å². The Morgan fingerprint density at radius 1 is 1.03 bits per heavy atom. The second-order valence-electron chi connectivity index (χ2n) is 8.75. The Bertz CT molecular complexity index is 601. The van der Waals surface area contributed by atoms with Crippen LogP contribution in [0.4, 0.5) is 0 Å². The van der Waals surface area contributed by atoms with Crippen molar-refractivity contribution in [3.63, 3.8) is 0 Å². The molecule has 0 aromatic heterocycles. The lowest BCUT2D eigenvalue weighted by atomic mass is 9.87. The highest BCUT2D eigenvalue weighted by molar-refractivity contribution is 5.69. The number of hydrogen-bond acceptors (Lipinski definition) is 7. The molecule has 7 heteroatoms. The zero-order valence-corrected chi connectivity index (χ0v) is 20.2. The summed E-state index contributed by atoms with van der Waals surface area (Å²) in [6.07, 6.45) is 11.8. The molecule has 0 radical (unpaired) electrons. The Balaban J connectivity index is 2.74. The summed E-state index contributed by atoms with van der Waals surface area (Å²) in [5.41, 5.74) is 0. The van der Waals surface area contributed by atoms with E-state index < -0.39 is 6.10 Å². The van der Waals surface area contributed by atoms with E-state index in [2.05, 4.69) is 11.7 Å². The highest BCUT2D eigenvalue weighted by Crippen LogP contribution is 2.39. The Labute approximate surface area is 192 Å². The lowest BCUT2D eigenvalue weighted by Gasteiger charge is -2.23. The summed E-state index contributed by atoms with van der Waals surface area (Å²) in [7, 11) is 1.40. The number of ether oxygens (including phenoxy) is 3. The maximum atomic E-state index is 11.6. The standard InChI is InChI=1S/C25H42O7/c1-5-6-9-12-20(31-18(2)26)15-16-22-21(23(28)17-24(22)32-19(3)27)13-10-7-8-11-14-25(29)30-4/h15-16,20-24,28H,5-14,17H2,1-4H3. The molecule has 1 fully saturated rings. The number of aliphatic hydroxyl groups excluding tert-OH is 1. The molecule has 0 aromatic carbocycles. The molecule has 0 saturated heterocycles. The Morgan fingerprint density at radius 2 is 1.75 bits per heavy atom. The van der Waals surface area contributed by atoms with Gasteiger partial charge in [0.15, 0.2) is 0 Å². The van der Waals surface area contributed by atoms with Gasteiger partial charge in [-0.15, -0.1) is 0 Å². The van der Waals surface area contributed by atoms with E-state index in [0.717, 1.165) is 57.8 Å². The highest BCUT2D eigenvalue weighted by atomic mass is 16.5. The minimum Gasteiger partial charge on any atom is -0.469 e. The SMILES string of the molecule is CCCCCC(C=CC1C(OC(C)=O)CC(O)C1CCCCCCC(=O)OC)OC(C)=O. The molecule has 5 atom stereocenters. The first-order chi connectivity index (χ1) is 15.3. The molecule has 0 bridgehead atoms. The zero-order chi connectivity index (χ0) is 23.9. The fourth-order valence-corrected chi connectivity index (χ4v) is 4.45. The van der Waals surface area contributed by atoms with E-state index in [4.69, 9.17) is 9.47 Å². The molecule has 7 nitrogen and oxygen atoms in total. The van der Waals surface area contributed by atoms with Crippen LogP contribution in [0.5, 0.6) is 0 Å². The first-order valence-electron chi connectivity index (χ1n) is 12.1. The fourth-order valence-electron chi connectivity index (χ4n) is 4.45. The molecule has 184 valence electrons. The van der Waals surface area contributed by atoms with Crippen LogP contribution < -0.4 is 0 Å². The third-order valence-electron chi connectivity index (χ3n) is 6.06. The van der Waals surface area contributed by atoms with Gasteiger partial charge in [0.25, 0.3) is 0 Å². The van der Waals surface area contributed by atoms with Gasteiger partial charge < -0.3 is 19.3 Å². The summed E-state index contributed by atoms with van der Waals surface area (Å²) in [5.74, 6) is -1.00. The van der Waals surface area contributed by atoms with E-state index in [9.17, 15) is 19.5 Å². The Hall–Kier alpha value is -1.89. The van der Waals surface area contributed by atoms with Gasteiger partial charge in [-0.25, -0.2) is 0 Å². The van der Waals surface area contributed by atoms with Crippen molar-refractivity contribution < 1.29 is 33.7 Å². The Kier molecular flexibility index (Phi) is 13.9. The minimum absolute atomic E-state index is 0.0233. The van der Waals surface area contributed by atoms with Crippen LogP contribution in [0.25, 0.3) is 0 Å². The lowest BCUT2D eigenvalue weighted by Crippen LogP contribution is -2.24. The third kappa shape index (κ3) is 11.1. The van der Waals surface area contributed by atoms with Crippen molar-refractivity contribution in [3.05, 3.63) is 12.2 Å². The van der Waals surface area contributed by atoms with Crippen LogP contribution in [-0.2, 0) is 28.6 Å². The van der Waals surface area contributed by atoms with E-state index in [1.807, 2.05) is 12.2 Å². The van der Waals surface area contributed by atoms with Crippen molar-refractivity contribution in [3.8, 4) is 0 Å². The molecule has 0 aromatic rings. The van der Waals surface area contributed by atoms with Crippen LogP contribution in [-0.4, -0.2) is 48.4 Å². The molecule has 1 N–H and O–H groups in total. The monoisotopic (exact) mass is 454 g/mol. The molecule has 1 saturated carbocycles. The minimum atomic E-state index is -0.545. The second-order valence-corrected chi connectivity index (χ2v) is 8.75. The average molecular weight is 455 g/mol. The molecule has 0 aliphatic heterocycles. The first-order valence-corrected chi connectivity index (χ1v) is 12.1. The molecule has 0 spiro atoms. The molecule has 0 heterocycles. The van der Waals surface area contributed by atoms with Crippen molar-refractivity contribution in [2.24, 2.45) is 11.8 Å². The fraction of sp³-hybridized carbons (Fsp3) is 0.800. The molecule has 1 rings (SSSR count). The van der Waals surface area contributed by atoms with Gasteiger partial charge in [-0.1, -0.05) is 45.1 Å². The molecule has 32 heavy (non-hydrogen) atoms. The van der Waals surface area contributed by atoms with Gasteiger partial charge in [0.2, 0.25) is 0 Å². The number of methoxy groups -OCH3 is 1. The molecular weight excluding hydrogens is 412 g/mol. The largest absolute Gasteiger partial charge is 0.469 e. The molecule has 1 aliphatic rings. The predicted octanol–water partition coefficient (Wildman–Crippen LogP) is 4.50. The number of carbonyl (C=O) groups is 3. The number of hydrogen-bond donors (Lipinski definition) is 1. The maximum Gasteiger partial charge on any atom is 0.305 e. The van der Waals surface area contributed by atoms with Crippen molar-refractivity contribution in [2.45, 2.75) is 110 Å². The lowest BCUT2D eigenvalue weighted by molar-refractivity contribution is -0.147. The molecular formula is C25H42O7. The summed E-state index contributed by atoms with van der Waals surface area (Å²) < 4.78 is 15.6. The van der Waals surface area contributed by atoms with E-state index in [0.29, 0.717) is 12.8 Å². The predicted molar refractivity (Wildman–Crippen MR) is 122 cm³/mol. The summed E-state index contributed by atoms with van der Waals surface area (Å²) in [6.45, 7) is 4.92. The summed E-state index contributed by atoms with van der Waals surface area (Å²) in [6, 6.07) is 0. The average Bonchev–Trinajstić information content (AvgIpc) is 3.01. The number of carbonyl (C=O) groups excluding carboxylic acids is 3. The molecule has 0 amide bonds. The highest BCUT2D eigenvalue weighted by Gasteiger charge is 2.42. The zero-order valence-electron chi connectivity index (χ0n) is 20.2. The van der Waals surface area contributed by atoms with E-state index in [1.165, 1.54) is 21.0 Å². The van der Waals surface area contributed by atoms with Crippen molar-refractivity contribution >= 4 is 17.9 Å². The quantitative estimate of drug-likeness (QED) is 0.168. The van der Waals surface area contributed by atoms with Crippen LogP contribution in [0.3, 0.4) is 0 Å². The van der Waals surface area contributed by atoms with Gasteiger partial charge in [-0.05, 0) is 37.7 Å². The number of unbranched alkanes of at least 4 members (excludes halogenated alkanes) is 5. The van der Waals surface area contributed by atoms with Gasteiger partial charge in [-0.2, -0.15) is 0 Å². The topological polar surface area (TPSA) is 99.1 Å². The van der Waals surface area contributed by atoms with Gasteiger partial charge in [-0.3, -0.25) is 14.4 Å².